The summed E-state index contributed by atoms with van der Waals surface area (Å²) in [6.45, 7) is 0. The molecular weight excluding hydrogens is 458 g/mol. The van der Waals surface area contributed by atoms with E-state index >= 15 is 0 Å². The van der Waals surface area contributed by atoms with E-state index in [0.29, 0.717) is 5.41 Å². The van der Waals surface area contributed by atoms with Gasteiger partial charge in [-0.05, 0) is 124 Å². The zero-order chi connectivity index (χ0) is 25.1. The summed E-state index contributed by atoms with van der Waals surface area (Å²) >= 11 is 0. The van der Waals surface area contributed by atoms with Crippen molar-refractivity contribution in [3.05, 3.63) is 35.5 Å². The molecule has 5 saturated carbocycles. The van der Waals surface area contributed by atoms with Crippen molar-refractivity contribution in [2.45, 2.75) is 141 Å². The first-order valence-electron chi connectivity index (χ1n) is 17.7. The maximum absolute atomic E-state index is 4.50. The Kier molecular flexibility index (Phi) is 6.71. The van der Waals surface area contributed by atoms with Gasteiger partial charge >= 0.3 is 0 Å². The largest absolute Gasteiger partial charge is 0.311 e. The zero-order valence-electron chi connectivity index (χ0n) is 24.2. The normalized spacial score (nSPS) is 48.6. The van der Waals surface area contributed by atoms with Gasteiger partial charge in [-0.25, -0.2) is 0 Å². The first-order valence-corrected chi connectivity index (χ1v) is 17.7. The summed E-state index contributed by atoms with van der Waals surface area (Å²) in [6, 6.07) is 1.61. The Morgan fingerprint density at radius 3 is 2.45 bits per heavy atom. The van der Waals surface area contributed by atoms with E-state index in [1.807, 2.05) is 11.1 Å². The molecule has 0 saturated heterocycles. The van der Waals surface area contributed by atoms with Crippen molar-refractivity contribution in [3.63, 3.8) is 0 Å². The van der Waals surface area contributed by atoms with E-state index in [1.165, 1.54) is 128 Å². The van der Waals surface area contributed by atoms with Gasteiger partial charge in [0.2, 0.25) is 0 Å². The van der Waals surface area contributed by atoms with Crippen LogP contribution in [-0.2, 0) is 0 Å². The molecule has 0 amide bonds. The monoisotopic (exact) mass is 513 g/mol. The van der Waals surface area contributed by atoms with Crippen molar-refractivity contribution in [2.24, 2.45) is 52.8 Å². The van der Waals surface area contributed by atoms with Crippen LogP contribution in [0, 0.1) is 52.8 Å². The van der Waals surface area contributed by atoms with Gasteiger partial charge in [-0.2, -0.15) is 0 Å². The summed E-state index contributed by atoms with van der Waals surface area (Å²) in [4.78, 5) is 0. The van der Waals surface area contributed by atoms with Crippen LogP contribution in [0.4, 0.5) is 0 Å². The lowest BCUT2D eigenvalue weighted by atomic mass is 9.54. The second-order valence-electron chi connectivity index (χ2n) is 15.4. The zero-order valence-corrected chi connectivity index (χ0v) is 24.2. The molecular formula is C37H55N. The lowest BCUT2D eigenvalue weighted by molar-refractivity contribution is 0.0235. The third-order valence-corrected chi connectivity index (χ3v) is 14.1. The summed E-state index contributed by atoms with van der Waals surface area (Å²) in [6.07, 6.45) is 40.2. The Hall–Kier alpha value is -0.820. The molecule has 0 aromatic carbocycles. The highest BCUT2D eigenvalue weighted by atomic mass is 15.0. The maximum Gasteiger partial charge on any atom is 0.0101 e. The Morgan fingerprint density at radius 1 is 0.658 bits per heavy atom. The van der Waals surface area contributed by atoms with Crippen LogP contribution in [-0.4, -0.2) is 12.1 Å². The van der Waals surface area contributed by atoms with E-state index in [2.05, 4.69) is 29.6 Å². The molecule has 0 heterocycles. The molecule has 1 nitrogen and oxygen atoms in total. The lowest BCUT2D eigenvalue weighted by Gasteiger charge is -2.50. The average Bonchev–Trinajstić information content (AvgIpc) is 3.45. The summed E-state index contributed by atoms with van der Waals surface area (Å²) in [5.41, 5.74) is 4.44. The molecule has 0 aliphatic heterocycles. The van der Waals surface area contributed by atoms with Gasteiger partial charge in [0, 0.05) is 17.5 Å². The van der Waals surface area contributed by atoms with Gasteiger partial charge in [0.25, 0.3) is 0 Å². The third kappa shape index (κ3) is 3.79. The van der Waals surface area contributed by atoms with Crippen molar-refractivity contribution in [3.8, 4) is 0 Å². The van der Waals surface area contributed by atoms with Gasteiger partial charge in [-0.3, -0.25) is 0 Å². The first kappa shape index (κ1) is 24.9. The molecule has 0 aromatic heterocycles. The van der Waals surface area contributed by atoms with Crippen LogP contribution in [0.3, 0.4) is 0 Å². The molecule has 0 bridgehead atoms. The second-order valence-corrected chi connectivity index (χ2v) is 15.4. The highest BCUT2D eigenvalue weighted by Gasteiger charge is 2.68. The Morgan fingerprint density at radius 2 is 1.50 bits per heavy atom. The van der Waals surface area contributed by atoms with Crippen molar-refractivity contribution < 1.29 is 0 Å². The molecule has 1 spiro atoms. The third-order valence-electron chi connectivity index (χ3n) is 14.1. The van der Waals surface area contributed by atoms with Crippen molar-refractivity contribution in [1.29, 1.82) is 0 Å². The molecule has 0 radical (unpaired) electrons. The molecule has 0 aromatic rings. The summed E-state index contributed by atoms with van der Waals surface area (Å²) < 4.78 is 0. The molecule has 8 aliphatic carbocycles. The van der Waals surface area contributed by atoms with E-state index in [1.54, 1.807) is 0 Å². The van der Waals surface area contributed by atoms with Gasteiger partial charge < -0.3 is 5.32 Å². The minimum absolute atomic E-state index is 0.521. The average molecular weight is 514 g/mol. The first-order chi connectivity index (χ1) is 18.9. The van der Waals surface area contributed by atoms with Crippen LogP contribution in [0.5, 0.6) is 0 Å². The number of nitrogens with one attached hydrogen (secondary N) is 1. The standard InChI is InChI=1S/C37H55N/c1-2-12-25(13-3-1)27-14-7-11-21-36(27)38-26-22-23-31-30-17-6-10-20-34(30)37(35(31)24-26)32-18-8-4-15-28(32)29-16-5-9-19-33(29)37/h6,8,17-18,25-27,29-31,33-36,38H,1-5,7,9-16,19-24H2. The van der Waals surface area contributed by atoms with Crippen molar-refractivity contribution in [2.75, 3.05) is 0 Å². The van der Waals surface area contributed by atoms with Crippen LogP contribution >= 0.6 is 0 Å². The molecule has 38 heavy (non-hydrogen) atoms. The highest BCUT2D eigenvalue weighted by Crippen LogP contribution is 2.74. The Labute approximate surface area is 233 Å². The van der Waals surface area contributed by atoms with Crippen molar-refractivity contribution in [1.82, 2.24) is 5.32 Å². The van der Waals surface area contributed by atoms with Gasteiger partial charge in [0.05, 0.1) is 0 Å². The number of hydrogen-bond acceptors (Lipinski definition) is 1. The van der Waals surface area contributed by atoms with Crippen LogP contribution in [0.15, 0.2) is 35.5 Å². The van der Waals surface area contributed by atoms with Crippen LogP contribution < -0.4 is 5.32 Å². The summed E-state index contributed by atoms with van der Waals surface area (Å²) in [7, 11) is 0. The number of fused-ring (bicyclic) bond motifs is 9. The van der Waals surface area contributed by atoms with E-state index in [-0.39, 0.29) is 0 Å². The molecule has 10 atom stereocenters. The van der Waals surface area contributed by atoms with E-state index in [4.69, 9.17) is 0 Å². The smallest absolute Gasteiger partial charge is 0.0101 e. The number of rotatable bonds is 3. The summed E-state index contributed by atoms with van der Waals surface area (Å²) in [5.74, 6) is 7.63. The maximum atomic E-state index is 4.50. The Bertz CT molecular complexity index is 965. The van der Waals surface area contributed by atoms with Gasteiger partial charge in [-0.15, -0.1) is 0 Å². The summed E-state index contributed by atoms with van der Waals surface area (Å²) in [5, 5.41) is 4.50. The molecule has 1 heteroatoms. The van der Waals surface area contributed by atoms with Crippen LogP contribution in [0.2, 0.25) is 0 Å². The fourth-order valence-corrected chi connectivity index (χ4v) is 13.0. The molecule has 8 rings (SSSR count). The van der Waals surface area contributed by atoms with E-state index in [0.717, 1.165) is 59.4 Å². The highest BCUT2D eigenvalue weighted by molar-refractivity contribution is 5.47. The predicted octanol–water partition coefficient (Wildman–Crippen LogP) is 9.55. The Balaban J connectivity index is 1.11. The topological polar surface area (TPSA) is 12.0 Å². The minimum atomic E-state index is 0.521. The predicted molar refractivity (Wildman–Crippen MR) is 159 cm³/mol. The van der Waals surface area contributed by atoms with Crippen LogP contribution in [0.25, 0.3) is 0 Å². The number of hydrogen-bond donors (Lipinski definition) is 1. The van der Waals surface area contributed by atoms with Gasteiger partial charge in [-0.1, -0.05) is 87.7 Å². The molecule has 208 valence electrons. The molecule has 8 aliphatic rings. The molecule has 5 fully saturated rings. The minimum Gasteiger partial charge on any atom is -0.311 e. The molecule has 1 N–H and O–H groups in total. The van der Waals surface area contributed by atoms with Crippen LogP contribution in [0.1, 0.15) is 128 Å². The fourth-order valence-electron chi connectivity index (χ4n) is 13.0. The van der Waals surface area contributed by atoms with E-state index in [9.17, 15) is 0 Å². The van der Waals surface area contributed by atoms with Gasteiger partial charge in [0.15, 0.2) is 0 Å². The van der Waals surface area contributed by atoms with Gasteiger partial charge in [0.1, 0.15) is 0 Å². The van der Waals surface area contributed by atoms with Crippen molar-refractivity contribution >= 4 is 0 Å². The second kappa shape index (κ2) is 10.2. The number of allylic oxidation sites excluding steroid dienone is 6. The SMILES string of the molecule is C1=CC2=C(CC1)C1CCCCC1C21C2CCC=CC2C2CCC(NC3CCCCC3C3CCCCC3)CC21. The quantitative estimate of drug-likeness (QED) is 0.370. The van der Waals surface area contributed by atoms with E-state index < -0.39 is 0 Å². The fraction of sp³-hybridized carbons (Fsp3) is 0.838. The lowest BCUT2D eigenvalue weighted by Crippen LogP contribution is -2.51. The molecule has 10 unspecified atom stereocenters.